The molecule has 1 fully saturated rings. The van der Waals surface area contributed by atoms with Crippen molar-refractivity contribution in [3.05, 3.63) is 248 Å². The quantitative estimate of drug-likeness (QED) is 0.139. The summed E-state index contributed by atoms with van der Waals surface area (Å²) >= 11 is 0. The van der Waals surface area contributed by atoms with E-state index in [0.29, 0.717) is 28.6 Å². The van der Waals surface area contributed by atoms with Gasteiger partial charge in [0, 0.05) is 27.9 Å². The van der Waals surface area contributed by atoms with Crippen molar-refractivity contribution in [3.63, 3.8) is 0 Å². The Bertz CT molecular complexity index is 4520. The molecule has 15 heteroatoms. The molecule has 0 spiro atoms. The Kier molecular flexibility index (Phi) is 9.28. The van der Waals surface area contributed by atoms with E-state index >= 15 is 0 Å². The van der Waals surface area contributed by atoms with Crippen molar-refractivity contribution in [2.45, 2.75) is 13.8 Å². The highest BCUT2D eigenvalue weighted by atomic mass is 15.4. The van der Waals surface area contributed by atoms with E-state index in [9.17, 15) is 0 Å². The lowest BCUT2D eigenvalue weighted by atomic mass is 9.37. The van der Waals surface area contributed by atoms with E-state index in [1.54, 1.807) is 18.3 Å². The molecule has 76 heavy (non-hydrogen) atoms. The third-order valence-corrected chi connectivity index (χ3v) is 14.9. The highest BCUT2D eigenvalue weighted by Crippen LogP contribution is 2.37. The van der Waals surface area contributed by atoms with Gasteiger partial charge in [-0.3, -0.25) is 13.4 Å². The molecule has 0 aliphatic carbocycles. The second kappa shape index (κ2) is 17.4. The van der Waals surface area contributed by atoms with Crippen molar-refractivity contribution in [3.8, 4) is 11.6 Å². The molecule has 6 aromatic heterocycles. The third-order valence-electron chi connectivity index (χ3n) is 14.9. The van der Waals surface area contributed by atoms with Crippen LogP contribution in [0, 0.1) is 13.8 Å². The van der Waals surface area contributed by atoms with Crippen LogP contribution in [0.15, 0.2) is 237 Å². The first-order valence-corrected chi connectivity index (χ1v) is 25.4. The van der Waals surface area contributed by atoms with Crippen molar-refractivity contribution < 1.29 is 4.11 Å². The molecular formula is C61H45B3N12. The Morgan fingerprint density at radius 1 is 0.382 bits per heavy atom. The number of benzene rings is 8. The van der Waals surface area contributed by atoms with Crippen molar-refractivity contribution in [1.29, 1.82) is 0 Å². The van der Waals surface area contributed by atoms with Gasteiger partial charge >= 0.3 is 20.9 Å². The third kappa shape index (κ3) is 6.64. The molecular weight excluding hydrogens is 933 g/mol. The average molecular weight is 982 g/mol. The molecule has 0 amide bonds. The van der Waals surface area contributed by atoms with Gasteiger partial charge in [0.25, 0.3) is 0 Å². The number of hydrogen-bond donors (Lipinski definition) is 0. The SMILES string of the molecule is [2H]C([2H])([2H])c1cccc2c1nc1n(-c3nccc(N4B(c5ccccc5)N(c5ccccc5)B(c5ccccc5)N(c5ccccc5)B4c4ccccc4)n3)c3ccc(-n4c5ncccc5n5c6cccc(C)c6nc45)cc3n21. The predicted octanol–water partition coefficient (Wildman–Crippen LogP) is 10.00. The van der Waals surface area contributed by atoms with Gasteiger partial charge in [-0.05, 0) is 114 Å². The van der Waals surface area contributed by atoms with Crippen LogP contribution in [0.3, 0.4) is 0 Å². The molecule has 7 heterocycles. The van der Waals surface area contributed by atoms with Gasteiger partial charge in [0.2, 0.25) is 17.5 Å². The summed E-state index contributed by atoms with van der Waals surface area (Å²) in [6, 6.07) is 77.1. The second-order valence-electron chi connectivity index (χ2n) is 19.3. The van der Waals surface area contributed by atoms with Crippen LogP contribution in [0.5, 0.6) is 0 Å². The zero-order chi connectivity index (χ0) is 52.9. The number of para-hydroxylation sites is 4. The second-order valence-corrected chi connectivity index (χ2v) is 19.3. The van der Waals surface area contributed by atoms with Crippen molar-refractivity contribution >= 4 is 110 Å². The molecule has 0 saturated carbocycles. The molecule has 1 aliphatic heterocycles. The van der Waals surface area contributed by atoms with Crippen LogP contribution < -0.4 is 30.6 Å². The molecule has 1 saturated heterocycles. The van der Waals surface area contributed by atoms with Crippen LogP contribution in [0.4, 0.5) is 17.2 Å². The van der Waals surface area contributed by atoms with Crippen LogP contribution in [0.2, 0.25) is 0 Å². The number of aromatic nitrogens is 9. The summed E-state index contributed by atoms with van der Waals surface area (Å²) in [5.74, 6) is 2.17. The standard InChI is InChI=1S/C61H45B3N12/c1-42-21-18-33-51-56(42)68-60-70(58-53(71(51)60)35-20-39-65-58)49-36-37-50-54(41-49)72-52-34-19-22-43(2)57(52)69-61(72)73(50)59-66-40-38-55(67-59)76-63(45-25-10-4-11-26-45)74(47-29-14-6-15-30-47)62(44-23-8-3-9-24-44)75(48-31-16-7-17-32-48)64(76)46-27-12-5-13-28-46/h3-41H,1-2H3/i2D3. The van der Waals surface area contributed by atoms with Gasteiger partial charge in [0.15, 0.2) is 5.65 Å². The van der Waals surface area contributed by atoms with Gasteiger partial charge in [-0.2, -0.15) is 4.98 Å². The fourth-order valence-electron chi connectivity index (χ4n) is 11.7. The minimum atomic E-state index is -2.44. The van der Waals surface area contributed by atoms with Gasteiger partial charge in [0.05, 0.1) is 44.3 Å². The number of aryl methyl sites for hydroxylation is 2. The smallest absolute Gasteiger partial charge is 0.390 e. The minimum absolute atomic E-state index is 0.153. The molecule has 0 N–H and O–H groups in total. The van der Waals surface area contributed by atoms with Crippen LogP contribution in [-0.2, 0) is 0 Å². The fourth-order valence-corrected chi connectivity index (χ4v) is 11.7. The molecule has 8 aromatic carbocycles. The lowest BCUT2D eigenvalue weighted by Crippen LogP contribution is -2.86. The van der Waals surface area contributed by atoms with Crippen LogP contribution in [0.1, 0.15) is 15.2 Å². The van der Waals surface area contributed by atoms with Crippen molar-refractivity contribution in [2.24, 2.45) is 0 Å². The van der Waals surface area contributed by atoms with Gasteiger partial charge in [-0.25, -0.2) is 24.5 Å². The Morgan fingerprint density at radius 3 is 1.49 bits per heavy atom. The number of anilines is 3. The number of hydrogen-bond acceptors (Lipinski definition) is 8. The van der Waals surface area contributed by atoms with Crippen molar-refractivity contribution in [2.75, 3.05) is 14.2 Å². The zero-order valence-electron chi connectivity index (χ0n) is 44.1. The summed E-state index contributed by atoms with van der Waals surface area (Å²) in [6.45, 7) is -1.60. The van der Waals surface area contributed by atoms with Crippen molar-refractivity contribution in [1.82, 2.24) is 42.9 Å². The highest BCUT2D eigenvalue weighted by molar-refractivity contribution is 7.14. The monoisotopic (exact) mass is 981 g/mol. The Balaban J connectivity index is 1.01. The molecule has 0 atom stereocenters. The van der Waals surface area contributed by atoms with Gasteiger partial charge < -0.3 is 14.2 Å². The Hall–Kier alpha value is -9.88. The Labute approximate surface area is 443 Å². The number of nitrogens with zero attached hydrogens (tertiary/aromatic N) is 12. The van der Waals surface area contributed by atoms with Crippen LogP contribution in [0.25, 0.3) is 67.5 Å². The van der Waals surface area contributed by atoms with E-state index in [-0.39, 0.29) is 12.5 Å². The summed E-state index contributed by atoms with van der Waals surface area (Å²) in [6.07, 6.45) is 3.62. The lowest BCUT2D eigenvalue weighted by molar-refractivity contribution is 0.963. The number of imidazole rings is 4. The largest absolute Gasteiger partial charge is 0.416 e. The first-order chi connectivity index (χ1) is 38.8. The van der Waals surface area contributed by atoms with Crippen LogP contribution in [-0.4, -0.2) is 63.8 Å². The first kappa shape index (κ1) is 40.6. The van der Waals surface area contributed by atoms with E-state index in [2.05, 4.69) is 224 Å². The molecule has 1 aliphatic rings. The normalized spacial score (nSPS) is 14.0. The maximum atomic E-state index is 8.67. The molecule has 0 unspecified atom stereocenters. The summed E-state index contributed by atoms with van der Waals surface area (Å²) in [4.78, 5) is 26.3. The van der Waals surface area contributed by atoms with Crippen LogP contribution >= 0.6 is 0 Å². The highest BCUT2D eigenvalue weighted by Gasteiger charge is 2.56. The van der Waals surface area contributed by atoms with E-state index in [1.165, 1.54) is 0 Å². The minimum Gasteiger partial charge on any atom is -0.416 e. The average Bonchev–Trinajstić information content (AvgIpc) is 4.44. The van der Waals surface area contributed by atoms with Gasteiger partial charge in [0.1, 0.15) is 5.82 Å². The molecule has 0 bridgehead atoms. The maximum absolute atomic E-state index is 8.67. The summed E-state index contributed by atoms with van der Waals surface area (Å²) in [7, 11) is 0. The fraction of sp³-hybridized carbons (Fsp3) is 0.0328. The topological polar surface area (TPSA) is 92.9 Å². The molecule has 358 valence electrons. The Morgan fingerprint density at radius 2 is 0.895 bits per heavy atom. The summed E-state index contributed by atoms with van der Waals surface area (Å²) in [5.41, 5.74) is 13.4. The van der Waals surface area contributed by atoms with Gasteiger partial charge in [-0.1, -0.05) is 152 Å². The zero-order valence-corrected chi connectivity index (χ0v) is 41.1. The molecule has 14 aromatic rings. The van der Waals surface area contributed by atoms with E-state index in [4.69, 9.17) is 29.0 Å². The predicted molar refractivity (Wildman–Crippen MR) is 311 cm³/mol. The molecule has 15 rings (SSSR count). The number of pyridine rings is 1. The molecule has 0 radical (unpaired) electrons. The summed E-state index contributed by atoms with van der Waals surface area (Å²) in [5, 5.41) is 0. The van der Waals surface area contributed by atoms with E-state index < -0.39 is 20.8 Å². The maximum Gasteiger partial charge on any atom is 0.390 e. The molecule has 12 nitrogen and oxygen atoms in total. The lowest BCUT2D eigenvalue weighted by Gasteiger charge is -2.56. The van der Waals surface area contributed by atoms with Gasteiger partial charge in [-0.15, -0.1) is 0 Å². The van der Waals surface area contributed by atoms with E-state index in [0.717, 1.165) is 78.0 Å². The van der Waals surface area contributed by atoms with E-state index in [1.807, 2.05) is 33.4 Å². The first-order valence-electron chi connectivity index (χ1n) is 26.9. The summed E-state index contributed by atoms with van der Waals surface area (Å²) < 4.78 is 41.7. The number of fused-ring (bicyclic) bond motifs is 10. The number of rotatable bonds is 8.